The SMILES string of the molecule is CC(C)(C)OC(=O)NCCCCNC(CCCNC=O)NC(=O)OC(C)(C)C. The van der Waals surface area contributed by atoms with Gasteiger partial charge in [0.05, 0.1) is 6.17 Å². The van der Waals surface area contributed by atoms with E-state index in [9.17, 15) is 14.4 Å². The van der Waals surface area contributed by atoms with E-state index in [0.717, 1.165) is 12.8 Å². The van der Waals surface area contributed by atoms with Crippen molar-refractivity contribution in [2.75, 3.05) is 19.6 Å². The number of ether oxygens (including phenoxy) is 2. The van der Waals surface area contributed by atoms with Crippen LogP contribution in [0.25, 0.3) is 0 Å². The summed E-state index contributed by atoms with van der Waals surface area (Å²) in [7, 11) is 0. The maximum Gasteiger partial charge on any atom is 0.408 e. The Bertz CT molecular complexity index is 472. The fourth-order valence-electron chi connectivity index (χ4n) is 2.17. The highest BCUT2D eigenvalue weighted by atomic mass is 16.6. The molecular weight excluding hydrogens is 364 g/mol. The normalized spacial score (nSPS) is 12.6. The molecule has 1 unspecified atom stereocenters. The van der Waals surface area contributed by atoms with Crippen LogP contribution in [0.1, 0.15) is 67.2 Å². The number of hydrogen-bond donors (Lipinski definition) is 4. The molecule has 0 heterocycles. The molecule has 3 amide bonds. The molecule has 0 aliphatic heterocycles. The number of nitrogens with one attached hydrogen (secondary N) is 4. The number of unbranched alkanes of at least 4 members (excludes halogenated alkanes) is 1. The molecule has 0 spiro atoms. The van der Waals surface area contributed by atoms with Gasteiger partial charge < -0.3 is 25.4 Å². The molecule has 9 heteroatoms. The topological polar surface area (TPSA) is 118 Å². The monoisotopic (exact) mass is 402 g/mol. The van der Waals surface area contributed by atoms with Crippen molar-refractivity contribution in [1.82, 2.24) is 21.3 Å². The molecule has 0 aromatic carbocycles. The molecule has 0 aliphatic rings. The Morgan fingerprint density at radius 2 is 1.43 bits per heavy atom. The second-order valence-electron chi connectivity index (χ2n) is 8.50. The largest absolute Gasteiger partial charge is 0.444 e. The standard InChI is InChI=1S/C19H38N4O5/c1-18(2,3)27-16(25)22-13-8-7-12-21-15(10-9-11-20-14-24)23-17(26)28-19(4,5)6/h14-15,21H,7-13H2,1-6H3,(H,20,24)(H,22,25)(H,23,26). The van der Waals surface area contributed by atoms with Gasteiger partial charge in [-0.2, -0.15) is 0 Å². The molecule has 4 N–H and O–H groups in total. The van der Waals surface area contributed by atoms with E-state index in [0.29, 0.717) is 38.9 Å². The Morgan fingerprint density at radius 3 is 2.00 bits per heavy atom. The molecule has 1 atom stereocenters. The van der Waals surface area contributed by atoms with Crippen LogP contribution in [0.15, 0.2) is 0 Å². The maximum atomic E-state index is 12.0. The van der Waals surface area contributed by atoms with E-state index in [-0.39, 0.29) is 6.17 Å². The molecule has 0 radical (unpaired) electrons. The van der Waals surface area contributed by atoms with Crippen LogP contribution in [0.3, 0.4) is 0 Å². The highest BCUT2D eigenvalue weighted by Gasteiger charge is 2.19. The van der Waals surface area contributed by atoms with Crippen LogP contribution in [0, 0.1) is 0 Å². The molecule has 0 saturated carbocycles. The van der Waals surface area contributed by atoms with Gasteiger partial charge in [-0.25, -0.2) is 9.59 Å². The van der Waals surface area contributed by atoms with E-state index in [1.54, 1.807) is 20.8 Å². The number of carbonyl (C=O) groups excluding carboxylic acids is 3. The van der Waals surface area contributed by atoms with Gasteiger partial charge in [0.25, 0.3) is 0 Å². The van der Waals surface area contributed by atoms with Crippen molar-refractivity contribution in [3.63, 3.8) is 0 Å². The number of amides is 3. The van der Waals surface area contributed by atoms with Gasteiger partial charge in [0, 0.05) is 13.1 Å². The smallest absolute Gasteiger partial charge is 0.408 e. The summed E-state index contributed by atoms with van der Waals surface area (Å²) in [4.78, 5) is 33.9. The third-order valence-corrected chi connectivity index (χ3v) is 3.25. The van der Waals surface area contributed by atoms with Crippen molar-refractivity contribution in [3.8, 4) is 0 Å². The zero-order valence-corrected chi connectivity index (χ0v) is 18.1. The van der Waals surface area contributed by atoms with Crippen LogP contribution in [-0.2, 0) is 14.3 Å². The minimum absolute atomic E-state index is 0.262. The predicted octanol–water partition coefficient (Wildman–Crippen LogP) is 2.26. The second kappa shape index (κ2) is 13.2. The molecule has 0 bridgehead atoms. The zero-order valence-electron chi connectivity index (χ0n) is 18.1. The van der Waals surface area contributed by atoms with E-state index in [4.69, 9.17) is 9.47 Å². The van der Waals surface area contributed by atoms with Crippen molar-refractivity contribution in [2.24, 2.45) is 0 Å². The summed E-state index contributed by atoms with van der Waals surface area (Å²) in [6.45, 7) is 12.6. The summed E-state index contributed by atoms with van der Waals surface area (Å²) in [6.07, 6.45) is 2.44. The lowest BCUT2D eigenvalue weighted by atomic mass is 10.2. The highest BCUT2D eigenvalue weighted by molar-refractivity contribution is 5.68. The summed E-state index contributed by atoms with van der Waals surface area (Å²) < 4.78 is 10.5. The van der Waals surface area contributed by atoms with Crippen LogP contribution in [0.4, 0.5) is 9.59 Å². The van der Waals surface area contributed by atoms with Crippen LogP contribution in [0.2, 0.25) is 0 Å². The molecule has 0 aromatic heterocycles. The Morgan fingerprint density at radius 1 is 0.857 bits per heavy atom. The van der Waals surface area contributed by atoms with E-state index in [1.165, 1.54) is 0 Å². The van der Waals surface area contributed by atoms with Crippen LogP contribution in [0.5, 0.6) is 0 Å². The number of hydrogen-bond acceptors (Lipinski definition) is 6. The Kier molecular flexibility index (Phi) is 12.2. The van der Waals surface area contributed by atoms with E-state index < -0.39 is 23.4 Å². The van der Waals surface area contributed by atoms with Gasteiger partial charge in [-0.3, -0.25) is 10.1 Å². The molecule has 164 valence electrons. The Hall–Kier alpha value is -2.03. The first-order valence-electron chi connectivity index (χ1n) is 9.80. The second-order valence-corrected chi connectivity index (χ2v) is 8.50. The third-order valence-electron chi connectivity index (χ3n) is 3.25. The average Bonchev–Trinajstić information content (AvgIpc) is 2.50. The lowest BCUT2D eigenvalue weighted by molar-refractivity contribution is -0.109. The van der Waals surface area contributed by atoms with Crippen LogP contribution < -0.4 is 21.3 Å². The number of alkyl carbamates (subject to hydrolysis) is 2. The van der Waals surface area contributed by atoms with Gasteiger partial charge in [-0.05, 0) is 73.8 Å². The Labute approximate surface area is 168 Å². The number of rotatable bonds is 12. The van der Waals surface area contributed by atoms with Gasteiger partial charge in [-0.15, -0.1) is 0 Å². The van der Waals surface area contributed by atoms with Crippen molar-refractivity contribution in [3.05, 3.63) is 0 Å². The average molecular weight is 403 g/mol. The molecule has 0 fully saturated rings. The predicted molar refractivity (Wildman–Crippen MR) is 108 cm³/mol. The molecule has 28 heavy (non-hydrogen) atoms. The van der Waals surface area contributed by atoms with Crippen LogP contribution in [-0.4, -0.2) is 55.6 Å². The fourth-order valence-corrected chi connectivity index (χ4v) is 2.17. The first-order valence-corrected chi connectivity index (χ1v) is 9.80. The highest BCUT2D eigenvalue weighted by Crippen LogP contribution is 2.08. The minimum atomic E-state index is -0.568. The van der Waals surface area contributed by atoms with Gasteiger partial charge in [-0.1, -0.05) is 0 Å². The van der Waals surface area contributed by atoms with Crippen molar-refractivity contribution in [2.45, 2.75) is 84.6 Å². The number of carbonyl (C=O) groups is 3. The summed E-state index contributed by atoms with van der Waals surface area (Å²) >= 11 is 0. The van der Waals surface area contributed by atoms with E-state index in [1.807, 2.05) is 20.8 Å². The lowest BCUT2D eigenvalue weighted by Gasteiger charge is -2.24. The van der Waals surface area contributed by atoms with Crippen molar-refractivity contribution < 1.29 is 23.9 Å². The van der Waals surface area contributed by atoms with E-state index >= 15 is 0 Å². The molecule has 9 nitrogen and oxygen atoms in total. The van der Waals surface area contributed by atoms with E-state index in [2.05, 4.69) is 21.3 Å². The first kappa shape index (κ1) is 26.0. The van der Waals surface area contributed by atoms with Crippen molar-refractivity contribution in [1.29, 1.82) is 0 Å². The van der Waals surface area contributed by atoms with Crippen LogP contribution >= 0.6 is 0 Å². The summed E-state index contributed by atoms with van der Waals surface area (Å²) in [5.41, 5.74) is -1.08. The molecule has 0 aliphatic carbocycles. The van der Waals surface area contributed by atoms with Gasteiger partial charge in [0.15, 0.2) is 0 Å². The summed E-state index contributed by atoms with van der Waals surface area (Å²) in [5.74, 6) is 0. The fraction of sp³-hybridized carbons (Fsp3) is 0.842. The Balaban J connectivity index is 4.16. The minimum Gasteiger partial charge on any atom is -0.444 e. The van der Waals surface area contributed by atoms with Gasteiger partial charge >= 0.3 is 12.2 Å². The quantitative estimate of drug-likeness (QED) is 0.226. The summed E-state index contributed by atoms with van der Waals surface area (Å²) in [5, 5.41) is 11.4. The molecular formula is C19H38N4O5. The molecule has 0 aromatic rings. The lowest BCUT2D eigenvalue weighted by Crippen LogP contribution is -2.47. The molecule has 0 rings (SSSR count). The first-order chi connectivity index (χ1) is 12.9. The summed E-state index contributed by atoms with van der Waals surface area (Å²) in [6, 6.07) is 0. The van der Waals surface area contributed by atoms with Crippen molar-refractivity contribution >= 4 is 18.6 Å². The maximum absolute atomic E-state index is 12.0. The molecule has 0 saturated heterocycles. The third kappa shape index (κ3) is 17.4. The van der Waals surface area contributed by atoms with Gasteiger partial charge in [0.1, 0.15) is 11.2 Å². The zero-order chi connectivity index (χ0) is 21.6. The van der Waals surface area contributed by atoms with Gasteiger partial charge in [0.2, 0.25) is 6.41 Å².